The van der Waals surface area contributed by atoms with E-state index in [4.69, 9.17) is 14.2 Å². The molecule has 0 spiro atoms. The molecule has 9 nitrogen and oxygen atoms in total. The largest absolute Gasteiger partial charge is 0.497 e. The first-order valence-electron chi connectivity index (χ1n) is 13.7. The molecule has 1 heterocycles. The maximum absolute atomic E-state index is 12.9. The fraction of sp³-hybridized carbons (Fsp3) is 0.533. The lowest BCUT2D eigenvalue weighted by molar-refractivity contribution is -0.130. The highest BCUT2D eigenvalue weighted by molar-refractivity contribution is 5.76. The second-order valence-electron chi connectivity index (χ2n) is 9.92. The number of amides is 2. The lowest BCUT2D eigenvalue weighted by atomic mass is 9.98. The summed E-state index contributed by atoms with van der Waals surface area (Å²) in [6, 6.07) is 15.0. The Balaban J connectivity index is 1.54. The van der Waals surface area contributed by atoms with E-state index in [0.717, 1.165) is 35.7 Å². The van der Waals surface area contributed by atoms with Gasteiger partial charge in [0.05, 0.1) is 25.9 Å². The van der Waals surface area contributed by atoms with Gasteiger partial charge in [-0.15, -0.1) is 0 Å². The summed E-state index contributed by atoms with van der Waals surface area (Å²) < 4.78 is 15.9. The Bertz CT molecular complexity index is 1010. The predicted octanol–water partition coefficient (Wildman–Crippen LogP) is 2.30. The number of methoxy groups -OCH3 is 2. The molecule has 1 aliphatic heterocycles. The smallest absolute Gasteiger partial charge is 0.220 e. The average molecular weight is 542 g/mol. The van der Waals surface area contributed by atoms with Gasteiger partial charge in [0.1, 0.15) is 18.1 Å². The number of nitrogens with zero attached hydrogens (tertiary/aromatic N) is 2. The number of piperazine rings is 1. The zero-order valence-electron chi connectivity index (χ0n) is 23.4. The molecule has 2 amide bonds. The minimum atomic E-state index is -0.703. The van der Waals surface area contributed by atoms with Crippen molar-refractivity contribution in [3.05, 3.63) is 59.7 Å². The van der Waals surface area contributed by atoms with E-state index >= 15 is 0 Å². The van der Waals surface area contributed by atoms with Crippen LogP contribution in [0, 0.1) is 0 Å². The number of rotatable bonds is 15. The summed E-state index contributed by atoms with van der Waals surface area (Å²) in [5, 5.41) is 14.2. The summed E-state index contributed by atoms with van der Waals surface area (Å²) in [6.07, 6.45) is 1.26. The number of aliphatic hydroxyl groups is 1. The third-order valence-electron chi connectivity index (χ3n) is 7.10. The van der Waals surface area contributed by atoms with E-state index in [1.807, 2.05) is 53.4 Å². The molecule has 1 aliphatic rings. The summed E-state index contributed by atoms with van der Waals surface area (Å²) in [7, 11) is 3.26. The minimum absolute atomic E-state index is 0.0944. The molecule has 0 radical (unpaired) electrons. The van der Waals surface area contributed by atoms with Gasteiger partial charge in [-0.2, -0.15) is 0 Å². The van der Waals surface area contributed by atoms with Crippen LogP contribution in [0.15, 0.2) is 48.5 Å². The van der Waals surface area contributed by atoms with Crippen molar-refractivity contribution in [2.45, 2.75) is 44.8 Å². The zero-order chi connectivity index (χ0) is 28.0. The Labute approximate surface area is 232 Å². The van der Waals surface area contributed by atoms with Crippen LogP contribution >= 0.6 is 0 Å². The highest BCUT2D eigenvalue weighted by Crippen LogP contribution is 2.17. The van der Waals surface area contributed by atoms with Crippen LogP contribution in [-0.4, -0.2) is 99.0 Å². The molecule has 9 heteroatoms. The van der Waals surface area contributed by atoms with E-state index in [9.17, 15) is 14.7 Å². The summed E-state index contributed by atoms with van der Waals surface area (Å²) in [5.41, 5.74) is 2.06. The molecule has 2 aromatic carbocycles. The van der Waals surface area contributed by atoms with Gasteiger partial charge in [0.15, 0.2) is 0 Å². The standard InChI is InChI=1S/C30H43N3O6/c1-23(34)33-18-16-32(17-19-33)15-14-29(35)28(22-25-6-9-26(38-3)10-7-25)31-30(36)13-8-24-4-11-27(12-5-24)39-21-20-37-2/h4-7,9-12,28-29,35H,8,13-22H2,1-3H3,(H,31,36)/t28-,29?/m0/s1. The van der Waals surface area contributed by atoms with Crippen molar-refractivity contribution < 1.29 is 28.9 Å². The number of ether oxygens (including phenoxy) is 3. The summed E-state index contributed by atoms with van der Waals surface area (Å²) >= 11 is 0. The molecule has 214 valence electrons. The first-order valence-corrected chi connectivity index (χ1v) is 13.7. The van der Waals surface area contributed by atoms with Crippen LogP contribution in [0.5, 0.6) is 11.5 Å². The molecule has 39 heavy (non-hydrogen) atoms. The van der Waals surface area contributed by atoms with Crippen molar-refractivity contribution in [1.82, 2.24) is 15.1 Å². The van der Waals surface area contributed by atoms with Crippen LogP contribution in [-0.2, 0) is 27.2 Å². The van der Waals surface area contributed by atoms with Gasteiger partial charge in [0.25, 0.3) is 0 Å². The van der Waals surface area contributed by atoms with E-state index < -0.39 is 12.1 Å². The SMILES string of the molecule is COCCOc1ccc(CCC(=O)N[C@@H](Cc2ccc(OC)cc2)C(O)CCN2CCN(C(C)=O)CC2)cc1. The fourth-order valence-electron chi connectivity index (χ4n) is 4.63. The van der Waals surface area contributed by atoms with Crippen LogP contribution in [0.4, 0.5) is 0 Å². The lowest BCUT2D eigenvalue weighted by Crippen LogP contribution is -2.50. The molecule has 0 aliphatic carbocycles. The number of benzene rings is 2. The molecule has 2 aromatic rings. The molecule has 1 saturated heterocycles. The fourth-order valence-corrected chi connectivity index (χ4v) is 4.63. The van der Waals surface area contributed by atoms with Gasteiger partial charge < -0.3 is 29.5 Å². The number of carbonyl (C=O) groups excluding carboxylic acids is 2. The van der Waals surface area contributed by atoms with Gasteiger partial charge in [0, 0.05) is 53.2 Å². The molecule has 0 aromatic heterocycles. The van der Waals surface area contributed by atoms with Crippen LogP contribution in [0.1, 0.15) is 30.9 Å². The number of nitrogens with one attached hydrogen (secondary N) is 1. The summed E-state index contributed by atoms with van der Waals surface area (Å²) in [5.74, 6) is 1.54. The van der Waals surface area contributed by atoms with E-state index in [-0.39, 0.29) is 11.8 Å². The van der Waals surface area contributed by atoms with E-state index in [1.165, 1.54) is 0 Å². The maximum atomic E-state index is 12.9. The highest BCUT2D eigenvalue weighted by atomic mass is 16.5. The van der Waals surface area contributed by atoms with Crippen LogP contribution < -0.4 is 14.8 Å². The quantitative estimate of drug-likeness (QED) is 0.334. The van der Waals surface area contributed by atoms with Gasteiger partial charge in [-0.1, -0.05) is 24.3 Å². The van der Waals surface area contributed by atoms with Crippen molar-refractivity contribution in [1.29, 1.82) is 0 Å². The first kappa shape index (κ1) is 30.4. The lowest BCUT2D eigenvalue weighted by Gasteiger charge is -2.35. The predicted molar refractivity (Wildman–Crippen MR) is 150 cm³/mol. The first-order chi connectivity index (χ1) is 18.9. The van der Waals surface area contributed by atoms with Gasteiger partial charge in [0.2, 0.25) is 11.8 Å². The second-order valence-corrected chi connectivity index (χ2v) is 9.92. The van der Waals surface area contributed by atoms with Crippen LogP contribution in [0.2, 0.25) is 0 Å². The molecule has 0 bridgehead atoms. The minimum Gasteiger partial charge on any atom is -0.497 e. The van der Waals surface area contributed by atoms with Crippen molar-refractivity contribution in [2.75, 3.05) is 60.2 Å². The topological polar surface area (TPSA) is 101 Å². The third kappa shape index (κ3) is 10.5. The molecular weight excluding hydrogens is 498 g/mol. The molecule has 3 rings (SSSR count). The number of aryl methyl sites for hydroxylation is 1. The average Bonchev–Trinajstić information content (AvgIpc) is 2.96. The Hall–Kier alpha value is -3.14. The van der Waals surface area contributed by atoms with Gasteiger partial charge in [-0.3, -0.25) is 14.5 Å². The van der Waals surface area contributed by atoms with Gasteiger partial charge >= 0.3 is 0 Å². The number of carbonyl (C=O) groups is 2. The summed E-state index contributed by atoms with van der Waals surface area (Å²) in [6.45, 7) is 6.32. The van der Waals surface area contributed by atoms with Gasteiger partial charge in [-0.05, 0) is 54.7 Å². The Kier molecular flexibility index (Phi) is 12.5. The molecule has 1 fully saturated rings. The van der Waals surface area contributed by atoms with Crippen LogP contribution in [0.3, 0.4) is 0 Å². The molecular formula is C30H43N3O6. The van der Waals surface area contributed by atoms with Crippen molar-refractivity contribution in [3.8, 4) is 11.5 Å². The van der Waals surface area contributed by atoms with Crippen molar-refractivity contribution >= 4 is 11.8 Å². The van der Waals surface area contributed by atoms with E-state index in [1.54, 1.807) is 21.1 Å². The molecule has 2 N–H and O–H groups in total. The zero-order valence-corrected chi connectivity index (χ0v) is 23.4. The van der Waals surface area contributed by atoms with E-state index in [2.05, 4.69) is 10.2 Å². The molecule has 1 unspecified atom stereocenters. The van der Waals surface area contributed by atoms with Gasteiger partial charge in [-0.25, -0.2) is 0 Å². The monoisotopic (exact) mass is 541 g/mol. The Morgan fingerprint density at radius 1 is 0.923 bits per heavy atom. The van der Waals surface area contributed by atoms with Crippen molar-refractivity contribution in [3.63, 3.8) is 0 Å². The van der Waals surface area contributed by atoms with Crippen molar-refractivity contribution in [2.24, 2.45) is 0 Å². The van der Waals surface area contributed by atoms with Crippen LogP contribution in [0.25, 0.3) is 0 Å². The summed E-state index contributed by atoms with van der Waals surface area (Å²) in [4.78, 5) is 28.6. The maximum Gasteiger partial charge on any atom is 0.220 e. The number of hydrogen-bond donors (Lipinski definition) is 2. The highest BCUT2D eigenvalue weighted by Gasteiger charge is 2.24. The van der Waals surface area contributed by atoms with E-state index in [0.29, 0.717) is 58.5 Å². The second kappa shape index (κ2) is 16.1. The Morgan fingerprint density at radius 3 is 2.18 bits per heavy atom. The third-order valence-corrected chi connectivity index (χ3v) is 7.10. The normalized spacial score (nSPS) is 15.4. The Morgan fingerprint density at radius 2 is 1.56 bits per heavy atom. The molecule has 2 atom stereocenters. The number of aliphatic hydroxyl groups excluding tert-OH is 1. The number of hydrogen-bond acceptors (Lipinski definition) is 7. The molecule has 0 saturated carbocycles.